The van der Waals surface area contributed by atoms with Gasteiger partial charge in [0.15, 0.2) is 0 Å². The molecule has 0 N–H and O–H groups in total. The van der Waals surface area contributed by atoms with Crippen LogP contribution in [-0.2, 0) is 0 Å². The van der Waals surface area contributed by atoms with E-state index in [1.54, 1.807) is 0 Å². The first-order valence-electron chi connectivity index (χ1n) is 0.655. The third-order valence-corrected chi connectivity index (χ3v) is 0. The van der Waals surface area contributed by atoms with E-state index in [4.69, 9.17) is 30.0 Å². The van der Waals surface area contributed by atoms with Gasteiger partial charge in [-0.25, -0.2) is 0 Å². The van der Waals surface area contributed by atoms with Crippen LogP contribution in [0.3, 0.4) is 0 Å². The summed E-state index contributed by atoms with van der Waals surface area (Å²) >= 11 is -2.06. The molecule has 0 saturated carbocycles. The van der Waals surface area contributed by atoms with Gasteiger partial charge in [-0.1, -0.05) is 7.43 Å². The zero-order valence-corrected chi connectivity index (χ0v) is 6.40. The minimum atomic E-state index is -2.06. The molecule has 0 heterocycles. The normalized spacial score (nSPS) is 7.20. The van der Waals surface area contributed by atoms with Crippen LogP contribution in [0.25, 0.3) is 0 Å². The second-order valence-corrected chi connectivity index (χ2v) is 11.6. The van der Waals surface area contributed by atoms with E-state index >= 15 is 0 Å². The summed E-state index contributed by atoms with van der Waals surface area (Å²) in [5.74, 6) is 0. The predicted octanol–water partition coefficient (Wildman–Crippen LogP) is 2.06. The van der Waals surface area contributed by atoms with Crippen molar-refractivity contribution in [1.29, 1.82) is 0 Å². The van der Waals surface area contributed by atoms with E-state index in [-0.39, 0.29) is 7.43 Å². The molecule has 0 radical (unpaired) electrons. The van der Waals surface area contributed by atoms with Crippen LogP contribution in [0, 0.1) is 0 Å². The molecule has 0 fully saturated rings. The van der Waals surface area contributed by atoms with Gasteiger partial charge in [0.2, 0.25) is 0 Å². The van der Waals surface area contributed by atoms with Crippen LogP contribution >= 0.6 is 30.0 Å². The van der Waals surface area contributed by atoms with Gasteiger partial charge in [-0.3, -0.25) is 0 Å². The van der Waals surface area contributed by atoms with Gasteiger partial charge in [0.1, 0.15) is 0 Å². The molecule has 0 saturated heterocycles. The fraction of sp³-hybridized carbons (Fsp3) is 1.00. The van der Waals surface area contributed by atoms with Crippen molar-refractivity contribution >= 4 is 41.6 Å². The summed E-state index contributed by atoms with van der Waals surface area (Å²) in [6.45, 7) is 0. The van der Waals surface area contributed by atoms with Crippen LogP contribution in [0.2, 0.25) is 0 Å². The van der Waals surface area contributed by atoms with Crippen LogP contribution in [-0.4, -0.2) is 11.6 Å². The molecule has 0 aromatic carbocycles. The number of halogens is 3. The Morgan fingerprint density at radius 3 is 1.00 bits per heavy atom. The molecule has 0 amide bonds. The Morgan fingerprint density at radius 2 is 1.00 bits per heavy atom. The van der Waals surface area contributed by atoms with Crippen molar-refractivity contribution in [3.8, 4) is 0 Å². The zero-order chi connectivity index (χ0) is 3.58. The van der Waals surface area contributed by atoms with Gasteiger partial charge in [0.05, 0.1) is 0 Å². The van der Waals surface area contributed by atoms with Gasteiger partial charge in [-0.05, 0) is 0 Å². The molecule has 0 aromatic rings. The first kappa shape index (κ1) is 9.65. The Balaban J connectivity index is 0. The summed E-state index contributed by atoms with van der Waals surface area (Å²) < 4.78 is 0. The molecule has 4 heteroatoms. The van der Waals surface area contributed by atoms with Crippen molar-refractivity contribution in [2.45, 2.75) is 7.43 Å². The standard InChI is InChI=1S/CH4.Cl3GeH/c;1-4(2)3/h1H4;4H. The molecule has 0 spiro atoms. The van der Waals surface area contributed by atoms with Gasteiger partial charge >= 0.3 is 41.6 Å². The van der Waals surface area contributed by atoms with Gasteiger partial charge in [0.25, 0.3) is 0 Å². The first-order valence-corrected chi connectivity index (χ1v) is 10.2. The van der Waals surface area contributed by atoms with Crippen LogP contribution < -0.4 is 0 Å². The Hall–Kier alpha value is 1.41. The minimum absolute atomic E-state index is 0. The summed E-state index contributed by atoms with van der Waals surface area (Å²) in [5.41, 5.74) is 0. The molecule has 0 aliphatic rings. The van der Waals surface area contributed by atoms with Crippen LogP contribution in [0.1, 0.15) is 7.43 Å². The molecule has 34 valence electrons. The molecule has 0 unspecified atom stereocenters. The molecule has 0 aliphatic carbocycles. The average molecular weight is 196 g/mol. The summed E-state index contributed by atoms with van der Waals surface area (Å²) in [6, 6.07) is 0. The van der Waals surface area contributed by atoms with E-state index in [1.807, 2.05) is 0 Å². The Kier molecular flexibility index (Phi) is 10.4. The number of rotatable bonds is 0. The fourth-order valence-corrected chi connectivity index (χ4v) is 0. The third-order valence-electron chi connectivity index (χ3n) is 0. The van der Waals surface area contributed by atoms with Crippen LogP contribution in [0.5, 0.6) is 0 Å². The maximum atomic E-state index is 4.99. The Morgan fingerprint density at radius 1 is 1.00 bits per heavy atom. The number of hydrogen-bond donors (Lipinski definition) is 0. The van der Waals surface area contributed by atoms with E-state index in [0.29, 0.717) is 0 Å². The first-order chi connectivity index (χ1) is 1.73. The summed E-state index contributed by atoms with van der Waals surface area (Å²) in [7, 11) is 15.0. The topological polar surface area (TPSA) is 0 Å². The molecule has 0 bridgehead atoms. The molecule has 0 aliphatic heterocycles. The zero-order valence-electron chi connectivity index (χ0n) is 1.71. The van der Waals surface area contributed by atoms with Crippen molar-refractivity contribution in [3.63, 3.8) is 0 Å². The van der Waals surface area contributed by atoms with Crippen molar-refractivity contribution in [1.82, 2.24) is 0 Å². The summed E-state index contributed by atoms with van der Waals surface area (Å²) in [5, 5.41) is 0. The second kappa shape index (κ2) is 5.41. The number of hydrogen-bond acceptors (Lipinski definition) is 0. The van der Waals surface area contributed by atoms with Gasteiger partial charge in [0, 0.05) is 0 Å². The second-order valence-electron chi connectivity index (χ2n) is 0.247. The quantitative estimate of drug-likeness (QED) is 0.520. The fourth-order valence-electron chi connectivity index (χ4n) is 0. The molecular weight excluding hydrogens is 191 g/mol. The van der Waals surface area contributed by atoms with Crippen LogP contribution in [0.4, 0.5) is 0 Å². The third kappa shape index (κ3) is 31.6. The van der Waals surface area contributed by atoms with E-state index in [0.717, 1.165) is 0 Å². The van der Waals surface area contributed by atoms with E-state index in [2.05, 4.69) is 0 Å². The van der Waals surface area contributed by atoms with Crippen molar-refractivity contribution in [2.75, 3.05) is 0 Å². The summed E-state index contributed by atoms with van der Waals surface area (Å²) in [6.07, 6.45) is 0. The monoisotopic (exact) mass is 196 g/mol. The van der Waals surface area contributed by atoms with E-state index in [1.165, 1.54) is 0 Å². The van der Waals surface area contributed by atoms with E-state index in [9.17, 15) is 0 Å². The molecule has 5 heavy (non-hydrogen) atoms. The van der Waals surface area contributed by atoms with Gasteiger partial charge in [-0.2, -0.15) is 0 Å². The summed E-state index contributed by atoms with van der Waals surface area (Å²) in [4.78, 5) is 0. The average Bonchev–Trinajstić information content (AvgIpc) is 0.811. The molecule has 0 aromatic heterocycles. The van der Waals surface area contributed by atoms with Crippen molar-refractivity contribution in [2.24, 2.45) is 0 Å². The molecular formula is CH5Cl3Ge. The van der Waals surface area contributed by atoms with Crippen LogP contribution in [0.15, 0.2) is 0 Å². The predicted molar refractivity (Wildman–Crippen MR) is 31.4 cm³/mol. The molecule has 0 nitrogen and oxygen atoms in total. The van der Waals surface area contributed by atoms with E-state index < -0.39 is 11.6 Å². The molecule has 0 rings (SSSR count). The Bertz CT molecular complexity index is 11.6. The Labute approximate surface area is 49.1 Å². The SMILES string of the molecule is C.[Cl][GeH]([Cl])[Cl]. The van der Waals surface area contributed by atoms with Gasteiger partial charge in [-0.15, -0.1) is 0 Å². The maximum absolute atomic E-state index is 4.99. The van der Waals surface area contributed by atoms with Crippen molar-refractivity contribution in [3.05, 3.63) is 0 Å². The molecule has 0 atom stereocenters. The van der Waals surface area contributed by atoms with Gasteiger partial charge < -0.3 is 0 Å². The van der Waals surface area contributed by atoms with Crippen molar-refractivity contribution < 1.29 is 0 Å².